The summed E-state index contributed by atoms with van der Waals surface area (Å²) in [7, 11) is 0. The lowest BCUT2D eigenvalue weighted by molar-refractivity contribution is -0.113. The first-order valence-corrected chi connectivity index (χ1v) is 11.2. The van der Waals surface area contributed by atoms with E-state index in [0.717, 1.165) is 16.9 Å². The third kappa shape index (κ3) is 5.68. The van der Waals surface area contributed by atoms with E-state index in [9.17, 15) is 4.79 Å². The Hall–Kier alpha value is -2.77. The highest BCUT2D eigenvalue weighted by Crippen LogP contribution is 2.25. The molecule has 0 saturated carbocycles. The SMILES string of the molecule is C=CCn1c(COc2cccc(C)c2C)nnc1SCC(=O)Nc1cccc(Cl)c1C. The highest BCUT2D eigenvalue weighted by atomic mass is 35.5. The number of halogens is 1. The summed E-state index contributed by atoms with van der Waals surface area (Å²) in [6.45, 7) is 10.6. The first-order chi connectivity index (χ1) is 14.9. The van der Waals surface area contributed by atoms with Crippen LogP contribution in [-0.2, 0) is 17.9 Å². The molecular formula is C23H25ClN4O2S. The molecule has 31 heavy (non-hydrogen) atoms. The summed E-state index contributed by atoms with van der Waals surface area (Å²) in [5.41, 5.74) is 3.80. The number of anilines is 1. The van der Waals surface area contributed by atoms with E-state index in [4.69, 9.17) is 16.3 Å². The highest BCUT2D eigenvalue weighted by molar-refractivity contribution is 7.99. The summed E-state index contributed by atoms with van der Waals surface area (Å²) in [5.74, 6) is 1.55. The maximum absolute atomic E-state index is 12.4. The van der Waals surface area contributed by atoms with E-state index >= 15 is 0 Å². The number of ether oxygens (including phenoxy) is 1. The van der Waals surface area contributed by atoms with Gasteiger partial charge in [0, 0.05) is 17.3 Å². The summed E-state index contributed by atoms with van der Waals surface area (Å²) in [6, 6.07) is 11.4. The van der Waals surface area contributed by atoms with Crippen LogP contribution in [0.25, 0.3) is 0 Å². The van der Waals surface area contributed by atoms with Crippen LogP contribution in [0.4, 0.5) is 5.69 Å². The van der Waals surface area contributed by atoms with Crippen LogP contribution in [0.5, 0.6) is 5.75 Å². The number of nitrogens with zero attached hydrogens (tertiary/aromatic N) is 3. The van der Waals surface area contributed by atoms with Crippen LogP contribution in [0.1, 0.15) is 22.5 Å². The van der Waals surface area contributed by atoms with Gasteiger partial charge in [0.25, 0.3) is 0 Å². The number of carbonyl (C=O) groups is 1. The van der Waals surface area contributed by atoms with E-state index in [1.54, 1.807) is 18.2 Å². The van der Waals surface area contributed by atoms with E-state index < -0.39 is 0 Å². The Morgan fingerprint density at radius 2 is 1.97 bits per heavy atom. The molecule has 0 saturated heterocycles. The number of amides is 1. The maximum Gasteiger partial charge on any atom is 0.234 e. The first kappa shape index (κ1) is 22.9. The van der Waals surface area contributed by atoms with Gasteiger partial charge in [-0.05, 0) is 55.7 Å². The minimum Gasteiger partial charge on any atom is -0.485 e. The van der Waals surface area contributed by atoms with E-state index in [1.807, 2.05) is 49.6 Å². The quantitative estimate of drug-likeness (QED) is 0.347. The summed E-state index contributed by atoms with van der Waals surface area (Å²) in [6.07, 6.45) is 1.77. The maximum atomic E-state index is 12.4. The minimum absolute atomic E-state index is 0.142. The van der Waals surface area contributed by atoms with Gasteiger partial charge in [0.15, 0.2) is 11.0 Å². The van der Waals surface area contributed by atoms with Crippen LogP contribution in [-0.4, -0.2) is 26.4 Å². The number of carbonyl (C=O) groups excluding carboxylic acids is 1. The predicted molar refractivity (Wildman–Crippen MR) is 126 cm³/mol. The second-order valence-electron chi connectivity index (χ2n) is 7.03. The lowest BCUT2D eigenvalue weighted by Gasteiger charge is -2.12. The Kier molecular flexibility index (Phi) is 7.76. The third-order valence-electron chi connectivity index (χ3n) is 4.89. The Balaban J connectivity index is 1.65. The van der Waals surface area contributed by atoms with Crippen molar-refractivity contribution in [3.8, 4) is 5.75 Å². The first-order valence-electron chi connectivity index (χ1n) is 9.80. The number of rotatable bonds is 9. The van der Waals surface area contributed by atoms with Crippen LogP contribution in [0.3, 0.4) is 0 Å². The number of hydrogen-bond donors (Lipinski definition) is 1. The van der Waals surface area contributed by atoms with Gasteiger partial charge in [0.1, 0.15) is 12.4 Å². The fraction of sp³-hybridized carbons (Fsp3) is 0.261. The molecule has 8 heteroatoms. The summed E-state index contributed by atoms with van der Waals surface area (Å²) < 4.78 is 7.88. The lowest BCUT2D eigenvalue weighted by atomic mass is 10.1. The second kappa shape index (κ2) is 10.5. The Bertz CT molecular complexity index is 1100. The lowest BCUT2D eigenvalue weighted by Crippen LogP contribution is -2.15. The van der Waals surface area contributed by atoms with E-state index in [0.29, 0.717) is 28.2 Å². The van der Waals surface area contributed by atoms with Gasteiger partial charge in [0.2, 0.25) is 5.91 Å². The fourth-order valence-corrected chi connectivity index (χ4v) is 3.87. The van der Waals surface area contributed by atoms with Gasteiger partial charge < -0.3 is 10.1 Å². The van der Waals surface area contributed by atoms with Crippen LogP contribution in [0, 0.1) is 20.8 Å². The largest absolute Gasteiger partial charge is 0.485 e. The van der Waals surface area contributed by atoms with Gasteiger partial charge in [-0.1, -0.05) is 47.6 Å². The average molecular weight is 457 g/mol. The Labute approximate surface area is 191 Å². The highest BCUT2D eigenvalue weighted by Gasteiger charge is 2.15. The molecule has 3 rings (SSSR count). The van der Waals surface area contributed by atoms with E-state index in [2.05, 4.69) is 22.1 Å². The zero-order valence-electron chi connectivity index (χ0n) is 17.8. The number of hydrogen-bond acceptors (Lipinski definition) is 5. The van der Waals surface area contributed by atoms with Crippen molar-refractivity contribution in [2.45, 2.75) is 39.1 Å². The average Bonchev–Trinajstić information content (AvgIpc) is 3.13. The molecule has 0 radical (unpaired) electrons. The minimum atomic E-state index is -0.142. The van der Waals surface area contributed by atoms with Gasteiger partial charge >= 0.3 is 0 Å². The zero-order valence-corrected chi connectivity index (χ0v) is 19.4. The van der Waals surface area contributed by atoms with Gasteiger partial charge in [0.05, 0.1) is 5.75 Å². The molecule has 0 aliphatic carbocycles. The molecule has 0 unspecified atom stereocenters. The number of allylic oxidation sites excluding steroid dienone is 1. The zero-order chi connectivity index (χ0) is 22.4. The van der Waals surface area contributed by atoms with Crippen LogP contribution < -0.4 is 10.1 Å². The van der Waals surface area contributed by atoms with Crippen LogP contribution >= 0.6 is 23.4 Å². The number of aryl methyl sites for hydroxylation is 1. The van der Waals surface area contributed by atoms with Crippen LogP contribution in [0.2, 0.25) is 5.02 Å². The number of aromatic nitrogens is 3. The molecule has 1 heterocycles. The standard InChI is InChI=1S/C23H25ClN4O2S/c1-5-12-28-21(13-30-20-11-6-8-15(2)16(20)3)26-27-23(28)31-14-22(29)25-19-10-7-9-18(24)17(19)4/h5-11H,1,12-14H2,2-4H3,(H,25,29). The van der Waals surface area contributed by atoms with Crippen LogP contribution in [0.15, 0.2) is 54.2 Å². The molecule has 0 spiro atoms. The van der Waals surface area contributed by atoms with E-state index in [-0.39, 0.29) is 18.3 Å². The van der Waals surface area contributed by atoms with Gasteiger partial charge in [-0.2, -0.15) is 0 Å². The summed E-state index contributed by atoms with van der Waals surface area (Å²) in [4.78, 5) is 12.4. The summed E-state index contributed by atoms with van der Waals surface area (Å²) in [5, 5.41) is 12.6. The third-order valence-corrected chi connectivity index (χ3v) is 6.27. The monoisotopic (exact) mass is 456 g/mol. The Morgan fingerprint density at radius 1 is 1.19 bits per heavy atom. The topological polar surface area (TPSA) is 69.0 Å². The van der Waals surface area contributed by atoms with Crippen molar-refractivity contribution in [3.05, 3.63) is 76.6 Å². The molecular weight excluding hydrogens is 432 g/mol. The molecule has 3 aromatic rings. The molecule has 1 aromatic heterocycles. The predicted octanol–water partition coefficient (Wildman–Crippen LogP) is 5.35. The van der Waals surface area contributed by atoms with Gasteiger partial charge in [-0.15, -0.1) is 16.8 Å². The number of benzene rings is 2. The molecule has 0 bridgehead atoms. The number of thioether (sulfide) groups is 1. The molecule has 0 aliphatic heterocycles. The molecule has 2 aromatic carbocycles. The van der Waals surface area contributed by atoms with Crippen molar-refractivity contribution in [1.82, 2.24) is 14.8 Å². The molecule has 0 atom stereocenters. The molecule has 6 nitrogen and oxygen atoms in total. The smallest absolute Gasteiger partial charge is 0.234 e. The molecule has 0 fully saturated rings. The van der Waals surface area contributed by atoms with Crippen molar-refractivity contribution < 1.29 is 9.53 Å². The molecule has 1 N–H and O–H groups in total. The molecule has 0 aliphatic rings. The van der Waals surface area contributed by atoms with E-state index in [1.165, 1.54) is 17.3 Å². The normalized spacial score (nSPS) is 10.7. The molecule has 1 amide bonds. The molecule has 162 valence electrons. The van der Waals surface area contributed by atoms with Gasteiger partial charge in [-0.25, -0.2) is 0 Å². The van der Waals surface area contributed by atoms with Crippen molar-refractivity contribution in [2.24, 2.45) is 0 Å². The fourth-order valence-electron chi connectivity index (χ4n) is 2.93. The van der Waals surface area contributed by atoms with Crippen molar-refractivity contribution >= 4 is 35.0 Å². The van der Waals surface area contributed by atoms with Crippen molar-refractivity contribution in [3.63, 3.8) is 0 Å². The van der Waals surface area contributed by atoms with Gasteiger partial charge in [-0.3, -0.25) is 9.36 Å². The number of nitrogens with one attached hydrogen (secondary N) is 1. The second-order valence-corrected chi connectivity index (χ2v) is 8.38. The summed E-state index contributed by atoms with van der Waals surface area (Å²) >= 11 is 7.43. The van der Waals surface area contributed by atoms with Crippen molar-refractivity contribution in [2.75, 3.05) is 11.1 Å². The van der Waals surface area contributed by atoms with Crippen molar-refractivity contribution in [1.29, 1.82) is 0 Å². The Morgan fingerprint density at radius 3 is 2.74 bits per heavy atom.